The van der Waals surface area contributed by atoms with Crippen molar-refractivity contribution in [1.29, 1.82) is 0 Å². The number of hydrogen-bond acceptors (Lipinski definition) is 4. The van der Waals surface area contributed by atoms with Gasteiger partial charge in [-0.25, -0.2) is 0 Å². The molecule has 0 spiro atoms. The fourth-order valence-corrected chi connectivity index (χ4v) is 3.73. The molecule has 27 heavy (non-hydrogen) atoms. The largest absolute Gasteiger partial charge is 0.493 e. The Balaban J connectivity index is 1.74. The van der Waals surface area contributed by atoms with Gasteiger partial charge in [0.05, 0.1) is 30.4 Å². The molecule has 140 valence electrons. The van der Waals surface area contributed by atoms with E-state index in [0.717, 1.165) is 27.8 Å². The molecule has 0 saturated heterocycles. The normalized spacial score (nSPS) is 13.3. The zero-order valence-corrected chi connectivity index (χ0v) is 15.9. The number of carbonyl (C=O) groups excluding carboxylic acids is 1. The third kappa shape index (κ3) is 2.81. The first-order chi connectivity index (χ1) is 13.0. The average molecular weight is 386 g/mol. The fourth-order valence-electron chi connectivity index (χ4n) is 3.57. The second-order valence-corrected chi connectivity index (χ2v) is 6.84. The number of carbonyl (C=O) groups is 1. The smallest absolute Gasteiger partial charge is 0.261 e. The summed E-state index contributed by atoms with van der Waals surface area (Å²) in [6.45, 7) is 1.26. The lowest BCUT2D eigenvalue weighted by molar-refractivity contribution is 0.0998. The summed E-state index contributed by atoms with van der Waals surface area (Å²) in [6.07, 6.45) is 0. The molecule has 6 nitrogen and oxygen atoms in total. The lowest BCUT2D eigenvalue weighted by Gasteiger charge is -2.19. The summed E-state index contributed by atoms with van der Waals surface area (Å²) in [5.74, 6) is 1.14. The molecule has 1 aliphatic heterocycles. The Kier molecular flexibility index (Phi) is 4.45. The van der Waals surface area contributed by atoms with Crippen LogP contribution in [0.15, 0.2) is 36.4 Å². The van der Waals surface area contributed by atoms with E-state index in [-0.39, 0.29) is 5.91 Å². The molecule has 2 heterocycles. The van der Waals surface area contributed by atoms with Gasteiger partial charge < -0.3 is 24.7 Å². The van der Waals surface area contributed by atoms with Crippen LogP contribution in [0.2, 0.25) is 5.02 Å². The lowest BCUT2D eigenvalue weighted by atomic mass is 10.1. The summed E-state index contributed by atoms with van der Waals surface area (Å²) in [5, 5.41) is 1.57. The van der Waals surface area contributed by atoms with Crippen LogP contribution >= 0.6 is 11.6 Å². The molecule has 0 radical (unpaired) electrons. The number of hydrogen-bond donors (Lipinski definition) is 1. The van der Waals surface area contributed by atoms with E-state index in [1.807, 2.05) is 41.9 Å². The van der Waals surface area contributed by atoms with Crippen LogP contribution < -0.4 is 20.1 Å². The molecule has 2 N–H and O–H groups in total. The summed E-state index contributed by atoms with van der Waals surface area (Å²) in [4.78, 5) is 14.9. The molecule has 0 atom stereocenters. The predicted molar refractivity (Wildman–Crippen MR) is 106 cm³/mol. The minimum absolute atomic E-state index is 0.0344. The number of nitrogens with zero attached hydrogens (tertiary/aromatic N) is 2. The van der Waals surface area contributed by atoms with Crippen molar-refractivity contribution in [3.05, 3.63) is 52.7 Å². The summed E-state index contributed by atoms with van der Waals surface area (Å²) in [6, 6.07) is 11.1. The molecule has 1 amide bonds. The third-order valence-corrected chi connectivity index (χ3v) is 5.12. The number of amides is 1. The Morgan fingerprint density at radius 1 is 1.19 bits per heavy atom. The molecule has 7 heteroatoms. The Hall–Kier alpha value is -2.70. The predicted octanol–water partition coefficient (Wildman–Crippen LogP) is 3.34. The van der Waals surface area contributed by atoms with Gasteiger partial charge >= 0.3 is 0 Å². The van der Waals surface area contributed by atoms with Crippen molar-refractivity contribution in [3.63, 3.8) is 0 Å². The minimum atomic E-state index is -0.0344. The van der Waals surface area contributed by atoms with E-state index >= 15 is 0 Å². The number of ether oxygens (including phenoxy) is 2. The van der Waals surface area contributed by atoms with E-state index < -0.39 is 0 Å². The maximum absolute atomic E-state index is 13.2. The monoisotopic (exact) mass is 385 g/mol. The highest BCUT2D eigenvalue weighted by Gasteiger charge is 2.34. The van der Waals surface area contributed by atoms with Crippen molar-refractivity contribution in [3.8, 4) is 11.5 Å². The molecule has 0 saturated carbocycles. The number of anilines is 1. The van der Waals surface area contributed by atoms with E-state index in [9.17, 15) is 4.79 Å². The number of rotatable bonds is 5. The number of halogens is 1. The molecule has 4 rings (SSSR count). The van der Waals surface area contributed by atoms with Gasteiger partial charge in [0.1, 0.15) is 6.61 Å². The highest BCUT2D eigenvalue weighted by molar-refractivity contribution is 6.31. The standard InChI is InChI=1S/C20H20ClN3O3/c1-23-15-9-12(21)3-5-14(15)19-16(23)11-24(20(19)25)13-4-6-17(26-2)18(10-13)27-8-7-22/h3-6,9-10H,7-8,11,22H2,1-2H3. The number of benzene rings is 2. The SMILES string of the molecule is COc1ccc(N2Cc3c(c4ccc(Cl)cc4n3C)C2=O)cc1OCCN. The van der Waals surface area contributed by atoms with Crippen molar-refractivity contribution in [2.24, 2.45) is 12.8 Å². The molecular weight excluding hydrogens is 366 g/mol. The van der Waals surface area contributed by atoms with Crippen molar-refractivity contribution in [2.75, 3.05) is 25.2 Å². The molecule has 2 aromatic carbocycles. The van der Waals surface area contributed by atoms with Gasteiger partial charge in [-0.15, -0.1) is 0 Å². The zero-order chi connectivity index (χ0) is 19.1. The van der Waals surface area contributed by atoms with Crippen LogP contribution in [0, 0.1) is 0 Å². The average Bonchev–Trinajstić information content (AvgIpc) is 3.15. The summed E-state index contributed by atoms with van der Waals surface area (Å²) >= 11 is 6.12. The van der Waals surface area contributed by atoms with Gasteiger partial charge in [0.25, 0.3) is 5.91 Å². The molecule has 1 aliphatic rings. The highest BCUT2D eigenvalue weighted by atomic mass is 35.5. The molecule has 0 bridgehead atoms. The topological polar surface area (TPSA) is 69.7 Å². The van der Waals surface area contributed by atoms with E-state index in [2.05, 4.69) is 0 Å². The molecular formula is C20H20ClN3O3. The first-order valence-corrected chi connectivity index (χ1v) is 9.02. The first kappa shape index (κ1) is 17.7. The van der Waals surface area contributed by atoms with E-state index in [4.69, 9.17) is 26.8 Å². The van der Waals surface area contributed by atoms with Crippen LogP contribution in [0.1, 0.15) is 16.1 Å². The number of methoxy groups -OCH3 is 1. The summed E-state index contributed by atoms with van der Waals surface area (Å²) in [5.41, 5.74) is 8.94. The zero-order valence-electron chi connectivity index (χ0n) is 15.2. The lowest BCUT2D eigenvalue weighted by Crippen LogP contribution is -2.24. The summed E-state index contributed by atoms with van der Waals surface area (Å²) < 4.78 is 13.0. The van der Waals surface area contributed by atoms with E-state index in [1.165, 1.54) is 0 Å². The maximum Gasteiger partial charge on any atom is 0.261 e. The molecule has 0 fully saturated rings. The fraction of sp³-hybridized carbons (Fsp3) is 0.250. The molecule has 1 aromatic heterocycles. The number of fused-ring (bicyclic) bond motifs is 3. The van der Waals surface area contributed by atoms with Crippen molar-refractivity contribution < 1.29 is 14.3 Å². The van der Waals surface area contributed by atoms with Gasteiger partial charge in [-0.2, -0.15) is 0 Å². The Labute approximate surface area is 162 Å². The molecule has 0 aliphatic carbocycles. The third-order valence-electron chi connectivity index (χ3n) is 4.89. The van der Waals surface area contributed by atoms with Crippen LogP contribution in [0.25, 0.3) is 10.9 Å². The first-order valence-electron chi connectivity index (χ1n) is 8.64. The number of aromatic nitrogens is 1. The van der Waals surface area contributed by atoms with E-state index in [0.29, 0.717) is 36.2 Å². The van der Waals surface area contributed by atoms with Gasteiger partial charge in [-0.1, -0.05) is 17.7 Å². The highest BCUT2D eigenvalue weighted by Crippen LogP contribution is 2.38. The summed E-state index contributed by atoms with van der Waals surface area (Å²) in [7, 11) is 3.54. The van der Waals surface area contributed by atoms with Crippen LogP contribution in [-0.2, 0) is 13.6 Å². The van der Waals surface area contributed by atoms with Gasteiger partial charge in [-0.05, 0) is 24.3 Å². The van der Waals surface area contributed by atoms with Crippen LogP contribution in [0.3, 0.4) is 0 Å². The van der Waals surface area contributed by atoms with Gasteiger partial charge in [0.2, 0.25) is 0 Å². The molecule has 3 aromatic rings. The minimum Gasteiger partial charge on any atom is -0.493 e. The maximum atomic E-state index is 13.2. The van der Waals surface area contributed by atoms with Gasteiger partial charge in [0, 0.05) is 35.8 Å². The van der Waals surface area contributed by atoms with Crippen molar-refractivity contribution in [1.82, 2.24) is 4.57 Å². The van der Waals surface area contributed by atoms with Crippen molar-refractivity contribution >= 4 is 34.1 Å². The Bertz CT molecular complexity index is 1040. The van der Waals surface area contributed by atoms with Crippen molar-refractivity contribution in [2.45, 2.75) is 6.54 Å². The Morgan fingerprint density at radius 3 is 2.74 bits per heavy atom. The number of nitrogens with two attached hydrogens (primary N) is 1. The number of aryl methyl sites for hydroxylation is 1. The van der Waals surface area contributed by atoms with Crippen LogP contribution in [-0.4, -0.2) is 30.7 Å². The van der Waals surface area contributed by atoms with E-state index in [1.54, 1.807) is 18.1 Å². The van der Waals surface area contributed by atoms with Crippen LogP contribution in [0.4, 0.5) is 5.69 Å². The second-order valence-electron chi connectivity index (χ2n) is 6.41. The van der Waals surface area contributed by atoms with Crippen LogP contribution in [0.5, 0.6) is 11.5 Å². The quantitative estimate of drug-likeness (QED) is 0.731. The Morgan fingerprint density at radius 2 is 2.00 bits per heavy atom. The van der Waals surface area contributed by atoms with Gasteiger partial charge in [-0.3, -0.25) is 4.79 Å². The molecule has 0 unspecified atom stereocenters. The van der Waals surface area contributed by atoms with Gasteiger partial charge in [0.15, 0.2) is 11.5 Å². The second kappa shape index (κ2) is 6.79.